The van der Waals surface area contributed by atoms with Gasteiger partial charge in [-0.2, -0.15) is 5.26 Å². The van der Waals surface area contributed by atoms with E-state index < -0.39 is 5.91 Å². The van der Waals surface area contributed by atoms with Gasteiger partial charge in [-0.05, 0) is 64.7 Å². The molecule has 52 heavy (non-hydrogen) atoms. The van der Waals surface area contributed by atoms with Gasteiger partial charge in [-0.3, -0.25) is 9.59 Å². The van der Waals surface area contributed by atoms with Crippen LogP contribution in [0.25, 0.3) is 60.9 Å². The second-order valence-corrected chi connectivity index (χ2v) is 12.3. The number of imide groups is 1. The maximum Gasteiger partial charge on any atom is 0.268 e. The second-order valence-electron chi connectivity index (χ2n) is 12.3. The highest BCUT2D eigenvalue weighted by atomic mass is 16.2. The van der Waals surface area contributed by atoms with Gasteiger partial charge in [0, 0.05) is 21.9 Å². The van der Waals surface area contributed by atoms with Crippen LogP contribution < -0.4 is 4.90 Å². The van der Waals surface area contributed by atoms with E-state index in [1.807, 2.05) is 146 Å². The standard InChI is InChI=1S/C45H27N3O2.C2H6/c46-28-32-20-12-24-39-41(32)34-21-10-11-23-38(34)47(39)40-25-13-22-35-42(40)45(50)48(44(35)49)43-36(30-16-6-2-7-17-30)26-33(29-14-4-1-5-15-29)27-37(43)31-18-8-3-9-19-31;1-2/h1-27H;1-2H3. The molecule has 0 aliphatic carbocycles. The first-order chi connectivity index (χ1) is 25.6. The fourth-order valence-corrected chi connectivity index (χ4v) is 7.38. The molecule has 0 fully saturated rings. The van der Waals surface area contributed by atoms with E-state index in [4.69, 9.17) is 0 Å². The Kier molecular flexibility index (Phi) is 8.27. The lowest BCUT2D eigenvalue weighted by Crippen LogP contribution is -2.30. The summed E-state index contributed by atoms with van der Waals surface area (Å²) in [6, 6.07) is 55.4. The molecule has 0 unspecified atom stereocenters. The van der Waals surface area contributed by atoms with Gasteiger partial charge in [0.1, 0.15) is 0 Å². The number of para-hydroxylation sites is 1. The van der Waals surface area contributed by atoms with Gasteiger partial charge in [-0.1, -0.05) is 135 Å². The molecule has 5 nitrogen and oxygen atoms in total. The number of anilines is 1. The minimum atomic E-state index is -0.398. The molecule has 0 radical (unpaired) electrons. The largest absolute Gasteiger partial charge is 0.308 e. The van der Waals surface area contributed by atoms with E-state index in [0.717, 1.165) is 55.2 Å². The quantitative estimate of drug-likeness (QED) is 0.171. The molecule has 1 aromatic heterocycles. The molecule has 2 amide bonds. The normalized spacial score (nSPS) is 12.1. The summed E-state index contributed by atoms with van der Waals surface area (Å²) in [5.74, 6) is -0.781. The third-order valence-corrected chi connectivity index (χ3v) is 9.56. The van der Waals surface area contributed by atoms with Gasteiger partial charge in [0.15, 0.2) is 0 Å². The third-order valence-electron chi connectivity index (χ3n) is 9.56. The molecule has 0 spiro atoms. The minimum Gasteiger partial charge on any atom is -0.308 e. The number of nitrogens with zero attached hydrogens (tertiary/aromatic N) is 3. The van der Waals surface area contributed by atoms with Gasteiger partial charge in [-0.25, -0.2) is 4.90 Å². The molecule has 2 heterocycles. The Labute approximate surface area is 302 Å². The summed E-state index contributed by atoms with van der Waals surface area (Å²) in [5, 5.41) is 11.7. The van der Waals surface area contributed by atoms with Crippen LogP contribution >= 0.6 is 0 Å². The lowest BCUT2D eigenvalue weighted by molar-refractivity contribution is 0.0926. The number of rotatable bonds is 5. The number of nitriles is 1. The Morgan fingerprint density at radius 3 is 1.65 bits per heavy atom. The van der Waals surface area contributed by atoms with Crippen molar-refractivity contribution in [2.24, 2.45) is 0 Å². The van der Waals surface area contributed by atoms with Crippen molar-refractivity contribution in [3.05, 3.63) is 180 Å². The maximum atomic E-state index is 15.1. The third kappa shape index (κ3) is 5.09. The van der Waals surface area contributed by atoms with E-state index >= 15 is 4.79 Å². The fourth-order valence-electron chi connectivity index (χ4n) is 7.38. The van der Waals surface area contributed by atoms with Gasteiger partial charge in [0.2, 0.25) is 0 Å². The number of benzene rings is 7. The number of hydrogen-bond acceptors (Lipinski definition) is 3. The van der Waals surface area contributed by atoms with Crippen molar-refractivity contribution in [3.8, 4) is 45.1 Å². The molecule has 0 atom stereocenters. The maximum absolute atomic E-state index is 15.1. The van der Waals surface area contributed by atoms with Gasteiger partial charge in [0.05, 0.1) is 45.2 Å². The second kappa shape index (κ2) is 13.4. The van der Waals surface area contributed by atoms with Gasteiger partial charge < -0.3 is 4.57 Å². The van der Waals surface area contributed by atoms with Crippen molar-refractivity contribution in [1.29, 1.82) is 5.26 Å². The monoisotopic (exact) mass is 671 g/mol. The summed E-state index contributed by atoms with van der Waals surface area (Å²) in [6.45, 7) is 4.00. The summed E-state index contributed by atoms with van der Waals surface area (Å²) in [4.78, 5) is 31.2. The van der Waals surface area contributed by atoms with Crippen LogP contribution in [0.3, 0.4) is 0 Å². The Hall–Kier alpha value is -7.03. The zero-order chi connectivity index (χ0) is 35.8. The van der Waals surface area contributed by atoms with Crippen LogP contribution in [0.5, 0.6) is 0 Å². The van der Waals surface area contributed by atoms with Crippen molar-refractivity contribution >= 4 is 39.3 Å². The molecule has 8 aromatic rings. The van der Waals surface area contributed by atoms with Crippen LogP contribution in [0.15, 0.2) is 164 Å². The first kappa shape index (κ1) is 32.2. The fraction of sp³-hybridized carbons (Fsp3) is 0.0426. The predicted molar refractivity (Wildman–Crippen MR) is 211 cm³/mol. The zero-order valence-electron chi connectivity index (χ0n) is 28.7. The average molecular weight is 672 g/mol. The van der Waals surface area contributed by atoms with Gasteiger partial charge in [-0.15, -0.1) is 0 Å². The van der Waals surface area contributed by atoms with Crippen molar-refractivity contribution in [3.63, 3.8) is 0 Å². The van der Waals surface area contributed by atoms with Crippen LogP contribution in [0.4, 0.5) is 5.69 Å². The Balaban J connectivity index is 0.00000190. The molecule has 0 N–H and O–H groups in total. The summed E-state index contributed by atoms with van der Waals surface area (Å²) < 4.78 is 2.01. The van der Waals surface area contributed by atoms with Gasteiger partial charge >= 0.3 is 0 Å². The highest BCUT2D eigenvalue weighted by Crippen LogP contribution is 2.47. The van der Waals surface area contributed by atoms with E-state index in [0.29, 0.717) is 28.1 Å². The summed E-state index contributed by atoms with van der Waals surface area (Å²) >= 11 is 0. The van der Waals surface area contributed by atoms with E-state index in [2.05, 4.69) is 30.3 Å². The molecule has 1 aliphatic rings. The average Bonchev–Trinajstić information content (AvgIpc) is 3.69. The minimum absolute atomic E-state index is 0.327. The lowest BCUT2D eigenvalue weighted by Gasteiger charge is -2.24. The van der Waals surface area contributed by atoms with Crippen molar-refractivity contribution < 1.29 is 9.59 Å². The first-order valence-corrected chi connectivity index (χ1v) is 17.4. The topological polar surface area (TPSA) is 66.1 Å². The van der Waals surface area contributed by atoms with Crippen LogP contribution in [-0.4, -0.2) is 16.4 Å². The number of carbonyl (C=O) groups is 2. The summed E-state index contributed by atoms with van der Waals surface area (Å²) in [7, 11) is 0. The molecule has 9 rings (SSSR count). The zero-order valence-corrected chi connectivity index (χ0v) is 28.7. The molecule has 248 valence electrons. The molecule has 0 saturated heterocycles. The van der Waals surface area contributed by atoms with E-state index in [1.165, 1.54) is 4.90 Å². The Bertz CT molecular complexity index is 2630. The molecular formula is C47H33N3O2. The van der Waals surface area contributed by atoms with Crippen molar-refractivity contribution in [2.45, 2.75) is 13.8 Å². The Morgan fingerprint density at radius 2 is 1.04 bits per heavy atom. The predicted octanol–water partition coefficient (Wildman–Crippen LogP) is 11.5. The highest BCUT2D eigenvalue weighted by molar-refractivity contribution is 6.37. The molecule has 5 heteroatoms. The number of carbonyl (C=O) groups excluding carboxylic acids is 2. The molecule has 0 bridgehead atoms. The van der Waals surface area contributed by atoms with Crippen LogP contribution in [0.2, 0.25) is 0 Å². The summed E-state index contributed by atoms with van der Waals surface area (Å²) in [5.41, 5.74) is 9.31. The number of fused-ring (bicyclic) bond motifs is 4. The summed E-state index contributed by atoms with van der Waals surface area (Å²) in [6.07, 6.45) is 0. The van der Waals surface area contributed by atoms with E-state index in [-0.39, 0.29) is 5.91 Å². The molecular weight excluding hydrogens is 639 g/mol. The highest BCUT2D eigenvalue weighted by Gasteiger charge is 2.41. The smallest absolute Gasteiger partial charge is 0.268 e. The number of amides is 2. The molecule has 7 aromatic carbocycles. The van der Waals surface area contributed by atoms with Crippen molar-refractivity contribution in [1.82, 2.24) is 4.57 Å². The lowest BCUT2D eigenvalue weighted by atomic mass is 9.90. The molecule has 0 saturated carbocycles. The van der Waals surface area contributed by atoms with Crippen LogP contribution in [-0.2, 0) is 0 Å². The van der Waals surface area contributed by atoms with E-state index in [9.17, 15) is 10.1 Å². The number of hydrogen-bond donors (Lipinski definition) is 0. The van der Waals surface area contributed by atoms with Gasteiger partial charge in [0.25, 0.3) is 11.8 Å². The molecule has 1 aliphatic heterocycles. The first-order valence-electron chi connectivity index (χ1n) is 17.4. The number of aromatic nitrogens is 1. The Morgan fingerprint density at radius 1 is 0.500 bits per heavy atom. The van der Waals surface area contributed by atoms with Crippen molar-refractivity contribution in [2.75, 3.05) is 4.90 Å². The van der Waals surface area contributed by atoms with Crippen LogP contribution in [0, 0.1) is 11.3 Å². The SMILES string of the molecule is CC.N#Cc1cccc2c1c1ccccc1n2-c1cccc2c1C(=O)N(c1c(-c3ccccc3)cc(-c3ccccc3)cc1-c1ccccc1)C2=O. The van der Waals surface area contributed by atoms with Crippen LogP contribution in [0.1, 0.15) is 40.1 Å². The van der Waals surface area contributed by atoms with E-state index in [1.54, 1.807) is 12.1 Å².